The molecule has 1 aromatic heterocycles. The number of aromatic nitrogens is 1. The molecule has 0 aliphatic carbocycles. The number of fused-ring (bicyclic) bond motifs is 1. The van der Waals surface area contributed by atoms with Crippen LogP contribution in [0.1, 0.15) is 33.9 Å². The first-order chi connectivity index (χ1) is 15.0. The number of amides is 1. The van der Waals surface area contributed by atoms with Crippen molar-refractivity contribution in [3.05, 3.63) is 101 Å². The van der Waals surface area contributed by atoms with Gasteiger partial charge < -0.3 is 14.6 Å². The van der Waals surface area contributed by atoms with Crippen molar-refractivity contribution < 1.29 is 9.53 Å². The number of nitrogens with one attached hydrogen (secondary N) is 1. The Bertz CT molecular complexity index is 1210. The number of ether oxygens (including phenoxy) is 1. The zero-order chi connectivity index (χ0) is 22.0. The first-order valence-corrected chi connectivity index (χ1v) is 10.5. The molecule has 4 nitrogen and oxygen atoms in total. The predicted octanol–water partition coefficient (Wildman–Crippen LogP) is 5.72. The number of rotatable bonds is 6. The normalized spacial score (nSPS) is 12.0. The monoisotopic (exact) mass is 412 g/mol. The van der Waals surface area contributed by atoms with Crippen molar-refractivity contribution in [2.24, 2.45) is 0 Å². The molecule has 1 atom stereocenters. The molecule has 0 aliphatic rings. The molecule has 0 unspecified atom stereocenters. The number of hydrogen-bond donors (Lipinski definition) is 1. The maximum absolute atomic E-state index is 13.2. The standard InChI is InChI=1S/C27H28N2O2/c1-18-12-14-21(15-13-18)27(23-16-28-24-10-6-5-9-22(23)24)29(4)26(30)17-31-25-11-7-8-19(2)20(25)3/h5-16,27-28H,17H2,1-4H3/t27-/m1/s1. The minimum absolute atomic E-state index is 0.00842. The number of carbonyl (C=O) groups excluding carboxylic acids is 1. The molecule has 1 amide bonds. The van der Waals surface area contributed by atoms with Crippen LogP contribution in [0.4, 0.5) is 0 Å². The Morgan fingerprint density at radius 2 is 1.71 bits per heavy atom. The van der Waals surface area contributed by atoms with Crippen LogP contribution in [0.15, 0.2) is 72.9 Å². The highest BCUT2D eigenvalue weighted by molar-refractivity contribution is 5.85. The number of hydrogen-bond acceptors (Lipinski definition) is 2. The van der Waals surface area contributed by atoms with Crippen LogP contribution in [0.5, 0.6) is 5.75 Å². The smallest absolute Gasteiger partial charge is 0.261 e. The molecular formula is C27H28N2O2. The molecule has 1 heterocycles. The predicted molar refractivity (Wildman–Crippen MR) is 126 cm³/mol. The number of para-hydroxylation sites is 1. The lowest BCUT2D eigenvalue weighted by Crippen LogP contribution is -2.35. The van der Waals surface area contributed by atoms with Crippen molar-refractivity contribution in [2.45, 2.75) is 26.8 Å². The van der Waals surface area contributed by atoms with Crippen LogP contribution in [0.25, 0.3) is 10.9 Å². The highest BCUT2D eigenvalue weighted by Gasteiger charge is 2.26. The van der Waals surface area contributed by atoms with Crippen LogP contribution in [-0.2, 0) is 4.79 Å². The Morgan fingerprint density at radius 3 is 2.48 bits per heavy atom. The Morgan fingerprint density at radius 1 is 0.968 bits per heavy atom. The van der Waals surface area contributed by atoms with Crippen LogP contribution >= 0.6 is 0 Å². The summed E-state index contributed by atoms with van der Waals surface area (Å²) in [4.78, 5) is 18.3. The Hall–Kier alpha value is -3.53. The lowest BCUT2D eigenvalue weighted by Gasteiger charge is -2.29. The highest BCUT2D eigenvalue weighted by Crippen LogP contribution is 2.33. The maximum atomic E-state index is 13.2. The Balaban J connectivity index is 1.65. The number of aromatic amines is 1. The molecular weight excluding hydrogens is 384 g/mol. The van der Waals surface area contributed by atoms with Gasteiger partial charge >= 0.3 is 0 Å². The molecule has 4 rings (SSSR count). The van der Waals surface area contributed by atoms with Gasteiger partial charge in [-0.15, -0.1) is 0 Å². The fourth-order valence-electron chi connectivity index (χ4n) is 3.95. The molecule has 0 saturated carbocycles. The summed E-state index contributed by atoms with van der Waals surface area (Å²) in [5.41, 5.74) is 6.59. The summed E-state index contributed by atoms with van der Waals surface area (Å²) in [6.07, 6.45) is 2.00. The van der Waals surface area contributed by atoms with Gasteiger partial charge in [0, 0.05) is 29.7 Å². The fraction of sp³-hybridized carbons (Fsp3) is 0.222. The quantitative estimate of drug-likeness (QED) is 0.440. The van der Waals surface area contributed by atoms with E-state index in [9.17, 15) is 4.79 Å². The van der Waals surface area contributed by atoms with Crippen LogP contribution < -0.4 is 4.74 Å². The van der Waals surface area contributed by atoms with Crippen molar-refractivity contribution in [3.8, 4) is 5.75 Å². The molecule has 0 fully saturated rings. The van der Waals surface area contributed by atoms with Crippen LogP contribution in [0.2, 0.25) is 0 Å². The van der Waals surface area contributed by atoms with Crippen molar-refractivity contribution in [3.63, 3.8) is 0 Å². The second kappa shape index (κ2) is 8.68. The van der Waals surface area contributed by atoms with E-state index in [1.54, 1.807) is 4.90 Å². The van der Waals surface area contributed by atoms with E-state index in [0.717, 1.165) is 38.9 Å². The molecule has 4 heteroatoms. The van der Waals surface area contributed by atoms with Gasteiger partial charge in [0.05, 0.1) is 6.04 Å². The molecule has 158 valence electrons. The van der Waals surface area contributed by atoms with Gasteiger partial charge in [-0.1, -0.05) is 60.2 Å². The van der Waals surface area contributed by atoms with Crippen LogP contribution in [0, 0.1) is 20.8 Å². The second-order valence-corrected chi connectivity index (χ2v) is 8.09. The lowest BCUT2D eigenvalue weighted by atomic mass is 9.96. The van der Waals surface area contributed by atoms with E-state index < -0.39 is 0 Å². The van der Waals surface area contributed by atoms with Crippen LogP contribution in [0.3, 0.4) is 0 Å². The van der Waals surface area contributed by atoms with Gasteiger partial charge in [-0.25, -0.2) is 0 Å². The van der Waals surface area contributed by atoms with Gasteiger partial charge in [-0.05, 0) is 49.6 Å². The summed E-state index contributed by atoms with van der Waals surface area (Å²) in [5.74, 6) is 0.678. The lowest BCUT2D eigenvalue weighted by molar-refractivity contribution is -0.133. The van der Waals surface area contributed by atoms with Crippen molar-refractivity contribution in [1.82, 2.24) is 9.88 Å². The Kier molecular flexibility index (Phi) is 5.81. The van der Waals surface area contributed by atoms with E-state index in [0.29, 0.717) is 0 Å². The zero-order valence-corrected chi connectivity index (χ0v) is 18.5. The third-order valence-electron chi connectivity index (χ3n) is 6.00. The first-order valence-electron chi connectivity index (χ1n) is 10.5. The van der Waals surface area contributed by atoms with E-state index in [4.69, 9.17) is 4.74 Å². The largest absolute Gasteiger partial charge is 0.483 e. The van der Waals surface area contributed by atoms with E-state index in [-0.39, 0.29) is 18.6 Å². The number of aryl methyl sites for hydroxylation is 2. The number of benzene rings is 3. The number of likely N-dealkylation sites (N-methyl/N-ethyl adjacent to an activating group) is 1. The molecule has 0 aliphatic heterocycles. The van der Waals surface area contributed by atoms with Gasteiger partial charge in [-0.2, -0.15) is 0 Å². The van der Waals surface area contributed by atoms with Gasteiger partial charge in [0.25, 0.3) is 5.91 Å². The molecule has 0 radical (unpaired) electrons. The molecule has 31 heavy (non-hydrogen) atoms. The van der Waals surface area contributed by atoms with Gasteiger partial charge in [0.1, 0.15) is 5.75 Å². The van der Waals surface area contributed by atoms with E-state index >= 15 is 0 Å². The molecule has 4 aromatic rings. The third kappa shape index (κ3) is 4.19. The van der Waals surface area contributed by atoms with Gasteiger partial charge in [0.2, 0.25) is 0 Å². The second-order valence-electron chi connectivity index (χ2n) is 8.09. The maximum Gasteiger partial charge on any atom is 0.261 e. The first kappa shape index (κ1) is 20.7. The highest BCUT2D eigenvalue weighted by atomic mass is 16.5. The number of H-pyrrole nitrogens is 1. The topological polar surface area (TPSA) is 45.3 Å². The van der Waals surface area contributed by atoms with Crippen molar-refractivity contribution >= 4 is 16.8 Å². The average molecular weight is 413 g/mol. The molecule has 3 aromatic carbocycles. The van der Waals surface area contributed by atoms with Crippen molar-refractivity contribution in [1.29, 1.82) is 0 Å². The summed E-state index contributed by atoms with van der Waals surface area (Å²) in [6.45, 7) is 6.11. The van der Waals surface area contributed by atoms with E-state index in [2.05, 4.69) is 48.3 Å². The number of carbonyl (C=O) groups is 1. The van der Waals surface area contributed by atoms with Gasteiger partial charge in [0.15, 0.2) is 6.61 Å². The summed E-state index contributed by atoms with van der Waals surface area (Å²) >= 11 is 0. The molecule has 0 spiro atoms. The number of nitrogens with zero attached hydrogens (tertiary/aromatic N) is 1. The fourth-order valence-corrected chi connectivity index (χ4v) is 3.95. The van der Waals surface area contributed by atoms with Crippen molar-refractivity contribution in [2.75, 3.05) is 13.7 Å². The third-order valence-corrected chi connectivity index (χ3v) is 6.00. The summed E-state index contributed by atoms with van der Waals surface area (Å²) in [5, 5.41) is 1.11. The average Bonchev–Trinajstić information content (AvgIpc) is 3.20. The summed E-state index contributed by atoms with van der Waals surface area (Å²) in [6, 6.07) is 22.2. The van der Waals surface area contributed by atoms with Gasteiger partial charge in [-0.3, -0.25) is 4.79 Å². The zero-order valence-electron chi connectivity index (χ0n) is 18.5. The minimum Gasteiger partial charge on any atom is -0.483 e. The SMILES string of the molecule is Cc1ccc([C@H](c2c[nH]c3ccccc23)N(C)C(=O)COc2cccc(C)c2C)cc1. The Labute approximate surface area is 183 Å². The molecule has 1 N–H and O–H groups in total. The summed E-state index contributed by atoms with van der Waals surface area (Å²) < 4.78 is 5.91. The minimum atomic E-state index is -0.216. The summed E-state index contributed by atoms with van der Waals surface area (Å²) in [7, 11) is 1.85. The van der Waals surface area contributed by atoms with E-state index in [1.807, 2.05) is 57.4 Å². The molecule has 0 bridgehead atoms. The molecule has 0 saturated heterocycles. The van der Waals surface area contributed by atoms with E-state index in [1.165, 1.54) is 5.56 Å². The van der Waals surface area contributed by atoms with Crippen LogP contribution in [-0.4, -0.2) is 29.4 Å².